The molecular formula is C11H15FN2O2S2. The van der Waals surface area contributed by atoms with E-state index in [0.29, 0.717) is 5.75 Å². The topological polar surface area (TPSA) is 72.2 Å². The van der Waals surface area contributed by atoms with E-state index in [1.54, 1.807) is 17.8 Å². The minimum absolute atomic E-state index is 0.0302. The lowest BCUT2D eigenvalue weighted by Gasteiger charge is -2.08. The molecule has 0 aromatic heterocycles. The Balaban J connectivity index is 2.68. The fraction of sp³-hybridized carbons (Fsp3) is 0.273. The molecule has 7 heteroatoms. The van der Waals surface area contributed by atoms with Crippen molar-refractivity contribution in [1.82, 2.24) is 4.72 Å². The monoisotopic (exact) mass is 290 g/mol. The average molecular weight is 290 g/mol. The smallest absolute Gasteiger partial charge is 0.242 e. The molecule has 0 fully saturated rings. The second kappa shape index (κ2) is 6.77. The first-order valence-corrected chi connectivity index (χ1v) is 7.84. The van der Waals surface area contributed by atoms with E-state index >= 15 is 0 Å². The van der Waals surface area contributed by atoms with Crippen molar-refractivity contribution in [2.24, 2.45) is 0 Å². The van der Waals surface area contributed by atoms with Crippen LogP contribution in [-0.2, 0) is 10.0 Å². The number of anilines is 1. The van der Waals surface area contributed by atoms with Gasteiger partial charge in [-0.2, -0.15) is 11.8 Å². The van der Waals surface area contributed by atoms with Crippen LogP contribution in [0.4, 0.5) is 10.1 Å². The number of nitrogen functional groups attached to an aromatic ring is 1. The van der Waals surface area contributed by atoms with Gasteiger partial charge in [0.1, 0.15) is 10.7 Å². The van der Waals surface area contributed by atoms with E-state index in [0.717, 1.165) is 17.9 Å². The number of thioether (sulfide) groups is 1. The SMILES string of the molecule is C=CCSCCNS(=O)(=O)c1cc(F)ccc1N. The van der Waals surface area contributed by atoms with E-state index in [4.69, 9.17) is 5.73 Å². The molecule has 1 rings (SSSR count). The zero-order valence-corrected chi connectivity index (χ0v) is 11.4. The van der Waals surface area contributed by atoms with Crippen molar-refractivity contribution in [2.75, 3.05) is 23.8 Å². The van der Waals surface area contributed by atoms with Gasteiger partial charge >= 0.3 is 0 Å². The van der Waals surface area contributed by atoms with E-state index in [1.165, 1.54) is 6.07 Å². The highest BCUT2D eigenvalue weighted by Gasteiger charge is 2.17. The van der Waals surface area contributed by atoms with Gasteiger partial charge in [-0.25, -0.2) is 17.5 Å². The van der Waals surface area contributed by atoms with Gasteiger partial charge in [0.15, 0.2) is 0 Å². The van der Waals surface area contributed by atoms with E-state index in [1.807, 2.05) is 0 Å². The molecule has 0 saturated carbocycles. The van der Waals surface area contributed by atoms with Gasteiger partial charge in [0.2, 0.25) is 10.0 Å². The van der Waals surface area contributed by atoms with E-state index < -0.39 is 15.8 Å². The number of rotatable bonds is 7. The first-order chi connectivity index (χ1) is 8.47. The highest BCUT2D eigenvalue weighted by molar-refractivity contribution is 7.99. The molecular weight excluding hydrogens is 275 g/mol. The van der Waals surface area contributed by atoms with E-state index in [9.17, 15) is 12.8 Å². The summed E-state index contributed by atoms with van der Waals surface area (Å²) >= 11 is 1.55. The van der Waals surface area contributed by atoms with Crippen LogP contribution in [0.15, 0.2) is 35.7 Å². The van der Waals surface area contributed by atoms with Gasteiger partial charge in [0, 0.05) is 18.1 Å². The Kier molecular flexibility index (Phi) is 5.64. The number of nitrogens with two attached hydrogens (primary N) is 1. The first kappa shape index (κ1) is 15.0. The second-order valence-corrected chi connectivity index (χ2v) is 6.33. The van der Waals surface area contributed by atoms with Gasteiger partial charge < -0.3 is 5.73 Å². The predicted molar refractivity (Wildman–Crippen MR) is 73.5 cm³/mol. The van der Waals surface area contributed by atoms with Crippen molar-refractivity contribution >= 4 is 27.5 Å². The molecule has 0 spiro atoms. The molecule has 0 atom stereocenters. The summed E-state index contributed by atoms with van der Waals surface area (Å²) in [6.07, 6.45) is 1.74. The van der Waals surface area contributed by atoms with Crippen LogP contribution in [0.2, 0.25) is 0 Å². The minimum atomic E-state index is -3.75. The third-order valence-electron chi connectivity index (χ3n) is 2.04. The number of nitrogens with one attached hydrogen (secondary N) is 1. The summed E-state index contributed by atoms with van der Waals surface area (Å²) in [4.78, 5) is -0.226. The maximum atomic E-state index is 13.0. The van der Waals surface area contributed by atoms with Gasteiger partial charge in [-0.1, -0.05) is 6.08 Å². The maximum Gasteiger partial charge on any atom is 0.242 e. The number of hydrogen-bond acceptors (Lipinski definition) is 4. The third kappa shape index (κ3) is 4.32. The van der Waals surface area contributed by atoms with Crippen molar-refractivity contribution in [3.05, 3.63) is 36.7 Å². The van der Waals surface area contributed by atoms with Gasteiger partial charge in [-0.3, -0.25) is 0 Å². The normalized spacial score (nSPS) is 11.4. The van der Waals surface area contributed by atoms with Gasteiger partial charge in [0.25, 0.3) is 0 Å². The molecule has 0 bridgehead atoms. The predicted octanol–water partition coefficient (Wildman–Crippen LogP) is 1.61. The van der Waals surface area contributed by atoms with E-state index in [-0.39, 0.29) is 17.1 Å². The molecule has 0 unspecified atom stereocenters. The fourth-order valence-electron chi connectivity index (χ4n) is 1.23. The van der Waals surface area contributed by atoms with Crippen LogP contribution < -0.4 is 10.5 Å². The van der Waals surface area contributed by atoms with Crippen molar-refractivity contribution in [3.63, 3.8) is 0 Å². The van der Waals surface area contributed by atoms with Gasteiger partial charge in [0.05, 0.1) is 5.69 Å². The lowest BCUT2D eigenvalue weighted by molar-refractivity contribution is 0.580. The molecule has 0 radical (unpaired) electrons. The number of halogens is 1. The molecule has 0 aliphatic carbocycles. The summed E-state index contributed by atoms with van der Waals surface area (Å²) in [6, 6.07) is 3.26. The van der Waals surface area contributed by atoms with Crippen LogP contribution in [0.5, 0.6) is 0 Å². The molecule has 0 aliphatic rings. The molecule has 100 valence electrons. The Bertz CT molecular complexity index is 518. The molecule has 18 heavy (non-hydrogen) atoms. The molecule has 0 heterocycles. The number of sulfonamides is 1. The van der Waals surface area contributed by atoms with Crippen LogP contribution in [0, 0.1) is 5.82 Å². The van der Waals surface area contributed by atoms with Gasteiger partial charge in [-0.05, 0) is 18.2 Å². The fourth-order valence-corrected chi connectivity index (χ4v) is 3.11. The zero-order valence-electron chi connectivity index (χ0n) is 9.73. The first-order valence-electron chi connectivity index (χ1n) is 5.20. The van der Waals surface area contributed by atoms with E-state index in [2.05, 4.69) is 11.3 Å². The lowest BCUT2D eigenvalue weighted by atomic mass is 10.3. The molecule has 4 nitrogen and oxygen atoms in total. The van der Waals surface area contributed by atoms with Crippen LogP contribution in [0.3, 0.4) is 0 Å². The highest BCUT2D eigenvalue weighted by atomic mass is 32.2. The summed E-state index contributed by atoms with van der Waals surface area (Å²) in [7, 11) is -3.75. The van der Waals surface area contributed by atoms with Gasteiger partial charge in [-0.15, -0.1) is 6.58 Å². The number of benzene rings is 1. The molecule has 0 amide bonds. The van der Waals surface area contributed by atoms with Crippen LogP contribution in [0.25, 0.3) is 0 Å². The van der Waals surface area contributed by atoms with Crippen LogP contribution in [0.1, 0.15) is 0 Å². The Hall–Kier alpha value is -1.05. The third-order valence-corrected chi connectivity index (χ3v) is 4.52. The highest BCUT2D eigenvalue weighted by Crippen LogP contribution is 2.18. The molecule has 1 aromatic rings. The largest absolute Gasteiger partial charge is 0.398 e. The Labute approximate surface area is 111 Å². The average Bonchev–Trinajstić information content (AvgIpc) is 2.32. The molecule has 0 saturated heterocycles. The summed E-state index contributed by atoms with van der Waals surface area (Å²) in [6.45, 7) is 3.82. The summed E-state index contributed by atoms with van der Waals surface area (Å²) in [5.41, 5.74) is 5.55. The van der Waals surface area contributed by atoms with Crippen molar-refractivity contribution in [2.45, 2.75) is 4.90 Å². The molecule has 3 N–H and O–H groups in total. The lowest BCUT2D eigenvalue weighted by Crippen LogP contribution is -2.27. The van der Waals surface area contributed by atoms with Crippen molar-refractivity contribution < 1.29 is 12.8 Å². The Morgan fingerprint density at radius 3 is 2.89 bits per heavy atom. The second-order valence-electron chi connectivity index (χ2n) is 3.44. The Morgan fingerprint density at radius 1 is 1.50 bits per heavy atom. The number of hydrogen-bond donors (Lipinski definition) is 2. The van der Waals surface area contributed by atoms with Crippen LogP contribution >= 0.6 is 11.8 Å². The molecule has 1 aromatic carbocycles. The van der Waals surface area contributed by atoms with Crippen LogP contribution in [-0.4, -0.2) is 26.5 Å². The quantitative estimate of drug-likeness (QED) is 0.454. The van der Waals surface area contributed by atoms with Crippen molar-refractivity contribution in [3.8, 4) is 0 Å². The standard InChI is InChI=1S/C11H15FN2O2S2/c1-2-6-17-7-5-14-18(15,16)11-8-9(12)3-4-10(11)13/h2-4,8,14H,1,5-7,13H2. The van der Waals surface area contributed by atoms with Crippen molar-refractivity contribution in [1.29, 1.82) is 0 Å². The maximum absolute atomic E-state index is 13.0. The zero-order chi connectivity index (χ0) is 13.6. The summed E-state index contributed by atoms with van der Waals surface area (Å²) in [5.74, 6) is 0.732. The summed E-state index contributed by atoms with van der Waals surface area (Å²) < 4.78 is 39.1. The molecule has 0 aliphatic heterocycles. The Morgan fingerprint density at radius 2 is 2.22 bits per heavy atom. The summed E-state index contributed by atoms with van der Waals surface area (Å²) in [5, 5.41) is 0. The minimum Gasteiger partial charge on any atom is -0.398 e.